The van der Waals surface area contributed by atoms with E-state index in [1.54, 1.807) is 18.2 Å². The average molecular weight is 391 g/mol. The highest BCUT2D eigenvalue weighted by molar-refractivity contribution is 7.92. The van der Waals surface area contributed by atoms with Gasteiger partial charge in [0, 0.05) is 24.7 Å². The van der Waals surface area contributed by atoms with E-state index < -0.39 is 10.0 Å². The van der Waals surface area contributed by atoms with E-state index in [0.29, 0.717) is 29.3 Å². The van der Waals surface area contributed by atoms with Crippen molar-refractivity contribution in [1.29, 1.82) is 0 Å². The van der Waals surface area contributed by atoms with E-state index >= 15 is 0 Å². The Labute approximate surface area is 158 Å². The molecule has 0 unspecified atom stereocenters. The highest BCUT2D eigenvalue weighted by atomic mass is 32.2. The Kier molecular flexibility index (Phi) is 5.52. The van der Waals surface area contributed by atoms with Crippen molar-refractivity contribution in [3.05, 3.63) is 48.0 Å². The molecule has 9 heteroatoms. The summed E-state index contributed by atoms with van der Waals surface area (Å²) in [6, 6.07) is 10.6. The average Bonchev–Trinajstić information content (AvgIpc) is 3.09. The normalized spacial score (nSPS) is 12.9. The summed E-state index contributed by atoms with van der Waals surface area (Å²) in [4.78, 5) is 14.1. The van der Waals surface area contributed by atoms with Crippen molar-refractivity contribution in [2.45, 2.75) is 4.90 Å². The number of benzene rings is 2. The van der Waals surface area contributed by atoms with Crippen LogP contribution in [0.15, 0.2) is 47.4 Å². The summed E-state index contributed by atoms with van der Waals surface area (Å²) in [5, 5.41) is 2.78. The number of anilines is 1. The summed E-state index contributed by atoms with van der Waals surface area (Å²) in [5.74, 6) is 0.812. The van der Waals surface area contributed by atoms with Crippen LogP contribution in [-0.4, -0.2) is 53.2 Å². The van der Waals surface area contributed by atoms with Gasteiger partial charge in [0.15, 0.2) is 11.5 Å². The lowest BCUT2D eigenvalue weighted by atomic mass is 10.2. The van der Waals surface area contributed by atoms with Gasteiger partial charge in [-0.2, -0.15) is 0 Å². The molecule has 27 heavy (non-hydrogen) atoms. The molecule has 2 aromatic rings. The lowest BCUT2D eigenvalue weighted by Crippen LogP contribution is -2.31. The van der Waals surface area contributed by atoms with Crippen molar-refractivity contribution in [3.63, 3.8) is 0 Å². The van der Waals surface area contributed by atoms with Crippen LogP contribution in [0.2, 0.25) is 0 Å². The zero-order chi connectivity index (χ0) is 19.4. The lowest BCUT2D eigenvalue weighted by Gasteiger charge is -2.11. The number of nitrogens with one attached hydrogen (secondary N) is 2. The Morgan fingerprint density at radius 1 is 1.07 bits per heavy atom. The minimum atomic E-state index is -3.79. The number of rotatable bonds is 7. The fourth-order valence-corrected chi connectivity index (χ4v) is 3.50. The molecule has 8 nitrogen and oxygen atoms in total. The SMILES string of the molecule is CN(C)CCNC(=O)c1ccc(S(=O)(=O)Nc2ccc3c(c2)OCO3)cc1. The maximum Gasteiger partial charge on any atom is 0.261 e. The van der Waals surface area contributed by atoms with Gasteiger partial charge in [0.25, 0.3) is 15.9 Å². The summed E-state index contributed by atoms with van der Waals surface area (Å²) in [7, 11) is 0.0451. The first-order valence-electron chi connectivity index (χ1n) is 8.30. The summed E-state index contributed by atoms with van der Waals surface area (Å²) in [6.07, 6.45) is 0. The van der Waals surface area contributed by atoms with E-state index in [0.717, 1.165) is 6.54 Å². The third-order valence-electron chi connectivity index (χ3n) is 3.90. The molecule has 2 aromatic carbocycles. The largest absolute Gasteiger partial charge is 0.454 e. The molecule has 0 saturated carbocycles. The summed E-state index contributed by atoms with van der Waals surface area (Å²) in [6.45, 7) is 1.35. The Morgan fingerprint density at radius 3 is 2.48 bits per heavy atom. The van der Waals surface area contributed by atoms with Gasteiger partial charge in [-0.3, -0.25) is 9.52 Å². The van der Waals surface area contributed by atoms with Crippen molar-refractivity contribution >= 4 is 21.6 Å². The van der Waals surface area contributed by atoms with Crippen molar-refractivity contribution in [3.8, 4) is 11.5 Å². The van der Waals surface area contributed by atoms with Crippen LogP contribution < -0.4 is 19.5 Å². The quantitative estimate of drug-likeness (QED) is 0.743. The van der Waals surface area contributed by atoms with Crippen LogP contribution in [0.1, 0.15) is 10.4 Å². The lowest BCUT2D eigenvalue weighted by molar-refractivity contribution is 0.0951. The maximum absolute atomic E-state index is 12.5. The van der Waals surface area contributed by atoms with Crippen LogP contribution in [0.3, 0.4) is 0 Å². The predicted octanol–water partition coefficient (Wildman–Crippen LogP) is 1.51. The van der Waals surface area contributed by atoms with Crippen LogP contribution in [0.5, 0.6) is 11.5 Å². The first kappa shape index (κ1) is 19.0. The standard InChI is InChI=1S/C18H21N3O5S/c1-21(2)10-9-19-18(22)13-3-6-15(7-4-13)27(23,24)20-14-5-8-16-17(11-14)26-12-25-16/h3-8,11,20H,9-10,12H2,1-2H3,(H,19,22). The first-order chi connectivity index (χ1) is 12.8. The fourth-order valence-electron chi connectivity index (χ4n) is 2.45. The Bertz CT molecular complexity index is 927. The molecular weight excluding hydrogens is 370 g/mol. The third kappa shape index (κ3) is 4.69. The maximum atomic E-state index is 12.5. The van der Waals surface area contributed by atoms with Gasteiger partial charge in [0.05, 0.1) is 10.6 Å². The zero-order valence-corrected chi connectivity index (χ0v) is 15.9. The topological polar surface area (TPSA) is 97.0 Å². The second-order valence-corrected chi connectivity index (χ2v) is 7.94. The Hall–Kier alpha value is -2.78. The molecule has 1 aliphatic heterocycles. The summed E-state index contributed by atoms with van der Waals surface area (Å²) < 4.78 is 38.0. The predicted molar refractivity (Wildman–Crippen MR) is 101 cm³/mol. The summed E-state index contributed by atoms with van der Waals surface area (Å²) >= 11 is 0. The number of carbonyl (C=O) groups excluding carboxylic acids is 1. The van der Waals surface area contributed by atoms with Gasteiger partial charge in [-0.15, -0.1) is 0 Å². The van der Waals surface area contributed by atoms with E-state index in [1.807, 2.05) is 19.0 Å². The number of hydrogen-bond donors (Lipinski definition) is 2. The molecule has 1 amide bonds. The van der Waals surface area contributed by atoms with Gasteiger partial charge < -0.3 is 19.7 Å². The van der Waals surface area contributed by atoms with Crippen LogP contribution in [0.4, 0.5) is 5.69 Å². The van der Waals surface area contributed by atoms with E-state index in [4.69, 9.17) is 9.47 Å². The van der Waals surface area contributed by atoms with Gasteiger partial charge in [-0.25, -0.2) is 8.42 Å². The Morgan fingerprint density at radius 2 is 1.78 bits per heavy atom. The minimum Gasteiger partial charge on any atom is -0.454 e. The van der Waals surface area contributed by atoms with Crippen molar-refractivity contribution in [1.82, 2.24) is 10.2 Å². The molecule has 1 aliphatic rings. The third-order valence-corrected chi connectivity index (χ3v) is 5.29. The number of likely N-dealkylation sites (N-methyl/N-ethyl adjacent to an activating group) is 1. The van der Waals surface area contributed by atoms with Crippen LogP contribution in [0.25, 0.3) is 0 Å². The number of ether oxygens (including phenoxy) is 2. The number of nitrogens with zero attached hydrogens (tertiary/aromatic N) is 1. The molecule has 0 aromatic heterocycles. The van der Waals surface area contributed by atoms with Gasteiger partial charge in [0.2, 0.25) is 6.79 Å². The highest BCUT2D eigenvalue weighted by Crippen LogP contribution is 2.34. The molecule has 0 bridgehead atoms. The number of hydrogen-bond acceptors (Lipinski definition) is 6. The molecule has 3 rings (SSSR count). The zero-order valence-electron chi connectivity index (χ0n) is 15.1. The molecule has 0 fully saturated rings. The number of carbonyl (C=O) groups is 1. The Balaban J connectivity index is 1.67. The number of amides is 1. The molecule has 0 atom stereocenters. The van der Waals surface area contributed by atoms with Crippen LogP contribution in [0, 0.1) is 0 Å². The molecule has 0 spiro atoms. The van der Waals surface area contributed by atoms with E-state index in [1.165, 1.54) is 24.3 Å². The molecule has 144 valence electrons. The van der Waals surface area contributed by atoms with Crippen molar-refractivity contribution in [2.24, 2.45) is 0 Å². The van der Waals surface area contributed by atoms with Crippen molar-refractivity contribution < 1.29 is 22.7 Å². The minimum absolute atomic E-state index is 0.0602. The highest BCUT2D eigenvalue weighted by Gasteiger charge is 2.18. The van der Waals surface area contributed by atoms with E-state index in [9.17, 15) is 13.2 Å². The number of sulfonamides is 1. The van der Waals surface area contributed by atoms with Gasteiger partial charge in [-0.1, -0.05) is 0 Å². The molecule has 0 saturated heterocycles. The van der Waals surface area contributed by atoms with Crippen LogP contribution >= 0.6 is 0 Å². The molecular formula is C18H21N3O5S. The molecule has 1 heterocycles. The van der Waals surface area contributed by atoms with Crippen LogP contribution in [-0.2, 0) is 10.0 Å². The van der Waals surface area contributed by atoms with E-state index in [2.05, 4.69) is 10.0 Å². The van der Waals surface area contributed by atoms with Gasteiger partial charge in [-0.05, 0) is 50.5 Å². The van der Waals surface area contributed by atoms with Gasteiger partial charge in [0.1, 0.15) is 0 Å². The second-order valence-electron chi connectivity index (χ2n) is 6.26. The second kappa shape index (κ2) is 7.85. The molecule has 2 N–H and O–H groups in total. The smallest absolute Gasteiger partial charge is 0.261 e. The fraction of sp³-hybridized carbons (Fsp3) is 0.278. The molecule has 0 radical (unpaired) electrons. The van der Waals surface area contributed by atoms with E-state index in [-0.39, 0.29) is 17.6 Å². The number of fused-ring (bicyclic) bond motifs is 1. The monoisotopic (exact) mass is 391 g/mol. The van der Waals surface area contributed by atoms with Gasteiger partial charge >= 0.3 is 0 Å². The molecule has 0 aliphatic carbocycles. The summed E-state index contributed by atoms with van der Waals surface area (Å²) in [5.41, 5.74) is 0.764. The first-order valence-corrected chi connectivity index (χ1v) is 9.79. The van der Waals surface area contributed by atoms with Crippen molar-refractivity contribution in [2.75, 3.05) is 38.7 Å².